The van der Waals surface area contributed by atoms with E-state index < -0.39 is 0 Å². The lowest BCUT2D eigenvalue weighted by molar-refractivity contribution is 0.0620. The number of β-amino-alcohol motifs (C(OH)–C–C–N with tert-alkyl or cyclic N) is 1. The van der Waals surface area contributed by atoms with E-state index >= 15 is 0 Å². The SMILES string of the molecule is CC(C)(C)c1nnc(CN2CCCC(O)C2)o1. The fourth-order valence-electron chi connectivity index (χ4n) is 1.99. The highest BCUT2D eigenvalue weighted by molar-refractivity contribution is 4.96. The summed E-state index contributed by atoms with van der Waals surface area (Å²) in [4.78, 5) is 2.16. The van der Waals surface area contributed by atoms with Gasteiger partial charge in [-0.25, -0.2) is 0 Å². The first kappa shape index (κ1) is 12.5. The average Bonchev–Trinajstić information content (AvgIpc) is 2.65. The van der Waals surface area contributed by atoms with Gasteiger partial charge in [0.2, 0.25) is 11.8 Å². The minimum atomic E-state index is -0.214. The summed E-state index contributed by atoms with van der Waals surface area (Å²) in [6.45, 7) is 8.48. The van der Waals surface area contributed by atoms with Gasteiger partial charge in [0.15, 0.2) is 0 Å². The van der Waals surface area contributed by atoms with Gasteiger partial charge in [0, 0.05) is 12.0 Å². The van der Waals surface area contributed by atoms with Crippen molar-refractivity contribution in [2.24, 2.45) is 0 Å². The quantitative estimate of drug-likeness (QED) is 0.843. The van der Waals surface area contributed by atoms with Crippen LogP contribution >= 0.6 is 0 Å². The van der Waals surface area contributed by atoms with Crippen LogP contribution in [0.25, 0.3) is 0 Å². The van der Waals surface area contributed by atoms with Crippen LogP contribution in [0.3, 0.4) is 0 Å². The zero-order valence-corrected chi connectivity index (χ0v) is 10.8. The van der Waals surface area contributed by atoms with Gasteiger partial charge in [-0.2, -0.15) is 0 Å². The number of aliphatic hydroxyl groups excluding tert-OH is 1. The molecule has 1 saturated heterocycles. The minimum Gasteiger partial charge on any atom is -0.423 e. The molecule has 1 atom stereocenters. The molecule has 96 valence electrons. The van der Waals surface area contributed by atoms with Gasteiger partial charge in [0.1, 0.15) is 0 Å². The van der Waals surface area contributed by atoms with E-state index in [0.717, 1.165) is 19.4 Å². The number of likely N-dealkylation sites (tertiary alicyclic amines) is 1. The molecule has 0 amide bonds. The maximum atomic E-state index is 9.58. The molecule has 17 heavy (non-hydrogen) atoms. The van der Waals surface area contributed by atoms with Crippen molar-refractivity contribution in [2.45, 2.75) is 51.7 Å². The molecule has 0 aliphatic carbocycles. The summed E-state index contributed by atoms with van der Waals surface area (Å²) in [5, 5.41) is 17.7. The number of nitrogens with zero attached hydrogens (tertiary/aromatic N) is 3. The first-order valence-electron chi connectivity index (χ1n) is 6.18. The molecule has 0 bridgehead atoms. The maximum absolute atomic E-state index is 9.58. The van der Waals surface area contributed by atoms with Gasteiger partial charge in [0.25, 0.3) is 0 Å². The van der Waals surface area contributed by atoms with Crippen LogP contribution in [0, 0.1) is 0 Å². The summed E-state index contributed by atoms with van der Waals surface area (Å²) in [6, 6.07) is 0. The fourth-order valence-corrected chi connectivity index (χ4v) is 1.99. The molecule has 0 aromatic carbocycles. The van der Waals surface area contributed by atoms with Gasteiger partial charge < -0.3 is 9.52 Å². The Morgan fingerprint density at radius 3 is 2.76 bits per heavy atom. The predicted molar refractivity (Wildman–Crippen MR) is 63.5 cm³/mol. The third-order valence-electron chi connectivity index (χ3n) is 2.95. The number of hydrogen-bond acceptors (Lipinski definition) is 5. The van der Waals surface area contributed by atoms with Gasteiger partial charge in [-0.05, 0) is 19.4 Å². The Morgan fingerprint density at radius 1 is 1.41 bits per heavy atom. The van der Waals surface area contributed by atoms with E-state index in [-0.39, 0.29) is 11.5 Å². The fraction of sp³-hybridized carbons (Fsp3) is 0.833. The van der Waals surface area contributed by atoms with E-state index in [1.165, 1.54) is 0 Å². The molecule has 1 aromatic heterocycles. The smallest absolute Gasteiger partial charge is 0.230 e. The van der Waals surface area contributed by atoms with Crippen LogP contribution in [0.2, 0.25) is 0 Å². The van der Waals surface area contributed by atoms with Crippen molar-refractivity contribution in [3.05, 3.63) is 11.8 Å². The van der Waals surface area contributed by atoms with Gasteiger partial charge in [0.05, 0.1) is 12.6 Å². The van der Waals surface area contributed by atoms with Crippen LogP contribution in [0.15, 0.2) is 4.42 Å². The first-order valence-corrected chi connectivity index (χ1v) is 6.18. The highest BCUT2D eigenvalue weighted by Gasteiger charge is 2.23. The van der Waals surface area contributed by atoms with Gasteiger partial charge in [-0.15, -0.1) is 10.2 Å². The van der Waals surface area contributed by atoms with E-state index in [1.807, 2.05) is 0 Å². The molecule has 1 fully saturated rings. The highest BCUT2D eigenvalue weighted by Crippen LogP contribution is 2.21. The highest BCUT2D eigenvalue weighted by atomic mass is 16.4. The van der Waals surface area contributed by atoms with Crippen LogP contribution in [0.5, 0.6) is 0 Å². The van der Waals surface area contributed by atoms with E-state index in [1.54, 1.807) is 0 Å². The van der Waals surface area contributed by atoms with Crippen molar-refractivity contribution in [2.75, 3.05) is 13.1 Å². The summed E-state index contributed by atoms with van der Waals surface area (Å²) in [6.07, 6.45) is 1.71. The molecule has 1 aliphatic heterocycles. The number of rotatable bonds is 2. The summed E-state index contributed by atoms with van der Waals surface area (Å²) < 4.78 is 5.64. The Balaban J connectivity index is 1.97. The van der Waals surface area contributed by atoms with Crippen LogP contribution in [0.4, 0.5) is 0 Å². The summed E-state index contributed by atoms with van der Waals surface area (Å²) in [7, 11) is 0. The summed E-state index contributed by atoms with van der Waals surface area (Å²) >= 11 is 0. The van der Waals surface area contributed by atoms with Crippen molar-refractivity contribution in [1.29, 1.82) is 0 Å². The lowest BCUT2D eigenvalue weighted by Crippen LogP contribution is -2.37. The van der Waals surface area contributed by atoms with Crippen molar-refractivity contribution in [1.82, 2.24) is 15.1 Å². The lowest BCUT2D eigenvalue weighted by atomic mass is 9.97. The topological polar surface area (TPSA) is 62.4 Å². The first-order chi connectivity index (χ1) is 7.95. The Morgan fingerprint density at radius 2 is 2.18 bits per heavy atom. The maximum Gasteiger partial charge on any atom is 0.230 e. The molecule has 2 rings (SSSR count). The standard InChI is InChI=1S/C12H21N3O2/c1-12(2,3)11-14-13-10(17-11)8-15-6-4-5-9(16)7-15/h9,16H,4-8H2,1-3H3. The van der Waals surface area contributed by atoms with E-state index in [4.69, 9.17) is 4.42 Å². The molecule has 5 heteroatoms. The van der Waals surface area contributed by atoms with Crippen LogP contribution in [-0.4, -0.2) is 39.4 Å². The third kappa shape index (κ3) is 3.26. The molecule has 1 aromatic rings. The molecule has 1 N–H and O–H groups in total. The average molecular weight is 239 g/mol. The Labute approximate surface area is 102 Å². The lowest BCUT2D eigenvalue weighted by Gasteiger charge is -2.28. The number of piperidine rings is 1. The van der Waals surface area contributed by atoms with Crippen molar-refractivity contribution < 1.29 is 9.52 Å². The molecule has 5 nitrogen and oxygen atoms in total. The van der Waals surface area contributed by atoms with Crippen molar-refractivity contribution in [3.63, 3.8) is 0 Å². The number of hydrogen-bond donors (Lipinski definition) is 1. The molecule has 0 radical (unpaired) electrons. The molecule has 0 spiro atoms. The molecule has 1 aliphatic rings. The number of aromatic nitrogens is 2. The second-order valence-corrected chi connectivity index (χ2v) is 5.78. The molecule has 1 unspecified atom stereocenters. The van der Waals surface area contributed by atoms with Gasteiger partial charge in [-0.1, -0.05) is 20.8 Å². The molecule has 0 saturated carbocycles. The minimum absolute atomic E-state index is 0.105. The Bertz CT molecular complexity index is 370. The monoisotopic (exact) mass is 239 g/mol. The predicted octanol–water partition coefficient (Wildman–Crippen LogP) is 1.32. The van der Waals surface area contributed by atoms with Gasteiger partial charge in [-0.3, -0.25) is 4.90 Å². The van der Waals surface area contributed by atoms with E-state index in [0.29, 0.717) is 24.9 Å². The van der Waals surface area contributed by atoms with Crippen LogP contribution in [-0.2, 0) is 12.0 Å². The van der Waals surface area contributed by atoms with Gasteiger partial charge >= 0.3 is 0 Å². The van der Waals surface area contributed by atoms with E-state index in [2.05, 4.69) is 35.9 Å². The molecule has 2 heterocycles. The number of aliphatic hydroxyl groups is 1. The van der Waals surface area contributed by atoms with Crippen molar-refractivity contribution >= 4 is 0 Å². The summed E-state index contributed by atoms with van der Waals surface area (Å²) in [5.74, 6) is 1.31. The Kier molecular flexibility index (Phi) is 3.49. The zero-order chi connectivity index (χ0) is 12.5. The largest absolute Gasteiger partial charge is 0.423 e. The van der Waals surface area contributed by atoms with Crippen molar-refractivity contribution in [3.8, 4) is 0 Å². The second kappa shape index (κ2) is 4.74. The molecular weight excluding hydrogens is 218 g/mol. The summed E-state index contributed by atoms with van der Waals surface area (Å²) in [5.41, 5.74) is -0.105. The van der Waals surface area contributed by atoms with E-state index in [9.17, 15) is 5.11 Å². The van der Waals surface area contributed by atoms with Crippen LogP contribution in [0.1, 0.15) is 45.4 Å². The third-order valence-corrected chi connectivity index (χ3v) is 2.95. The molecular formula is C12H21N3O2. The normalized spacial score (nSPS) is 22.9. The van der Waals surface area contributed by atoms with Crippen LogP contribution < -0.4 is 0 Å². The second-order valence-electron chi connectivity index (χ2n) is 5.78. The zero-order valence-electron chi connectivity index (χ0n) is 10.8. The Hall–Kier alpha value is -0.940.